The Bertz CT molecular complexity index is 1030. The Morgan fingerprint density at radius 1 is 1.36 bits per heavy atom. The Labute approximate surface area is 162 Å². The van der Waals surface area contributed by atoms with Crippen molar-refractivity contribution in [3.8, 4) is 5.88 Å². The topological polar surface area (TPSA) is 146 Å². The Morgan fingerprint density at radius 3 is 2.61 bits per heavy atom. The van der Waals surface area contributed by atoms with Crippen LogP contribution < -0.4 is 10.5 Å². The van der Waals surface area contributed by atoms with Crippen LogP contribution in [0.25, 0.3) is 0 Å². The van der Waals surface area contributed by atoms with Gasteiger partial charge in [0.1, 0.15) is 5.25 Å². The Balaban J connectivity index is 1.81. The number of nitrogens with one attached hydrogen (secondary N) is 1. The minimum atomic E-state index is -0.851. The van der Waals surface area contributed by atoms with Crippen molar-refractivity contribution in [2.24, 2.45) is 0 Å². The number of carbonyl (C=O) groups excluding carboxylic acids is 2. The van der Waals surface area contributed by atoms with Crippen molar-refractivity contribution >= 4 is 35.0 Å². The monoisotopic (exact) mass is 402 g/mol. The molecular weight excluding hydrogens is 388 g/mol. The van der Waals surface area contributed by atoms with E-state index in [1.807, 2.05) is 0 Å². The van der Waals surface area contributed by atoms with Crippen LogP contribution in [0.1, 0.15) is 12.0 Å². The molecule has 2 heterocycles. The van der Waals surface area contributed by atoms with Crippen molar-refractivity contribution in [1.29, 1.82) is 0 Å². The molecule has 1 aliphatic heterocycles. The first-order valence-corrected chi connectivity index (χ1v) is 8.90. The molecule has 0 aliphatic carbocycles. The molecule has 10 nitrogen and oxygen atoms in total. The van der Waals surface area contributed by atoms with Gasteiger partial charge in [-0.1, -0.05) is 17.8 Å². The number of nitrogens with zero attached hydrogens (tertiary/aromatic N) is 3. The van der Waals surface area contributed by atoms with Crippen LogP contribution in [0.5, 0.6) is 5.88 Å². The predicted molar refractivity (Wildman–Crippen MR) is 100 cm³/mol. The molecular formula is C17H14N4O6S. The number of aromatic amines is 1. The fraction of sp³-hybridized carbons (Fsp3) is 0.176. The van der Waals surface area contributed by atoms with Crippen LogP contribution in [0.3, 0.4) is 0 Å². The van der Waals surface area contributed by atoms with Crippen molar-refractivity contribution in [2.45, 2.75) is 23.2 Å². The highest BCUT2D eigenvalue weighted by Crippen LogP contribution is 2.33. The molecule has 2 N–H and O–H groups in total. The van der Waals surface area contributed by atoms with Gasteiger partial charge in [-0.2, -0.15) is 4.98 Å². The van der Waals surface area contributed by atoms with Crippen molar-refractivity contribution in [3.05, 3.63) is 63.0 Å². The van der Waals surface area contributed by atoms with Gasteiger partial charge in [-0.05, 0) is 12.1 Å². The molecule has 0 bridgehead atoms. The number of thioether (sulfide) groups is 1. The molecule has 3 rings (SSSR count). The number of aromatic hydroxyl groups is 1. The minimum Gasteiger partial charge on any atom is -0.493 e. The van der Waals surface area contributed by atoms with E-state index in [-0.39, 0.29) is 34.9 Å². The highest BCUT2D eigenvalue weighted by Gasteiger charge is 2.40. The average Bonchev–Trinajstić information content (AvgIpc) is 2.91. The van der Waals surface area contributed by atoms with Gasteiger partial charge in [-0.3, -0.25) is 24.5 Å². The van der Waals surface area contributed by atoms with Crippen LogP contribution in [-0.2, 0) is 16.0 Å². The van der Waals surface area contributed by atoms with Gasteiger partial charge in [0.05, 0.1) is 16.2 Å². The van der Waals surface area contributed by atoms with E-state index in [1.165, 1.54) is 30.3 Å². The minimum absolute atomic E-state index is 0.00649. The predicted octanol–water partition coefficient (Wildman–Crippen LogP) is 1.54. The van der Waals surface area contributed by atoms with E-state index >= 15 is 0 Å². The molecule has 2 amide bonds. The van der Waals surface area contributed by atoms with Crippen molar-refractivity contribution in [1.82, 2.24) is 9.97 Å². The number of allylic oxidation sites excluding steroid dienone is 1. The normalized spacial score (nSPS) is 16.4. The van der Waals surface area contributed by atoms with Crippen molar-refractivity contribution in [3.63, 3.8) is 0 Å². The maximum absolute atomic E-state index is 12.6. The number of hydrogen-bond donors (Lipinski definition) is 2. The first-order chi connectivity index (χ1) is 13.3. The van der Waals surface area contributed by atoms with E-state index in [0.29, 0.717) is 0 Å². The Hall–Kier alpha value is -3.47. The summed E-state index contributed by atoms with van der Waals surface area (Å²) >= 11 is 0.852. The summed E-state index contributed by atoms with van der Waals surface area (Å²) in [5, 5.41) is 19.8. The summed E-state index contributed by atoms with van der Waals surface area (Å²) in [7, 11) is 0. The van der Waals surface area contributed by atoms with Gasteiger partial charge in [0.25, 0.3) is 11.2 Å². The summed E-state index contributed by atoms with van der Waals surface area (Å²) in [6.07, 6.45) is 1.44. The molecule has 2 aromatic rings. The summed E-state index contributed by atoms with van der Waals surface area (Å²) < 4.78 is 0. The summed E-state index contributed by atoms with van der Waals surface area (Å²) in [5.74, 6) is -1.48. The van der Waals surface area contributed by atoms with Crippen LogP contribution in [0.4, 0.5) is 11.4 Å². The van der Waals surface area contributed by atoms with Crippen LogP contribution in [0, 0.1) is 10.1 Å². The fourth-order valence-corrected chi connectivity index (χ4v) is 3.67. The molecule has 1 saturated heterocycles. The Morgan fingerprint density at radius 2 is 2.04 bits per heavy atom. The number of nitro groups is 1. The zero-order valence-corrected chi connectivity index (χ0v) is 15.1. The van der Waals surface area contributed by atoms with E-state index in [1.54, 1.807) is 0 Å². The lowest BCUT2D eigenvalue weighted by molar-refractivity contribution is -0.384. The number of benzene rings is 1. The summed E-state index contributed by atoms with van der Waals surface area (Å²) in [4.78, 5) is 54.3. The second-order valence-corrected chi connectivity index (χ2v) is 7.01. The van der Waals surface area contributed by atoms with Gasteiger partial charge in [-0.25, -0.2) is 4.90 Å². The van der Waals surface area contributed by atoms with Crippen LogP contribution >= 0.6 is 11.8 Å². The number of H-pyrrole nitrogens is 1. The first kappa shape index (κ1) is 19.3. The number of anilines is 1. The van der Waals surface area contributed by atoms with Crippen molar-refractivity contribution in [2.75, 3.05) is 4.90 Å². The highest BCUT2D eigenvalue weighted by atomic mass is 32.2. The number of aromatic nitrogens is 2. The standard InChI is InChI=1S/C17H14N4O6S/c1-2-3-11-14(23)18-17(19-15(11)24)28-12-8-13(22)20(16(12)25)9-4-6-10(7-5-9)21(26)27/h2,4-7,12H,1,3,8H2,(H2,18,19,23,24). The zero-order chi connectivity index (χ0) is 20.4. The van der Waals surface area contributed by atoms with Crippen LogP contribution in [0.15, 0.2) is 46.9 Å². The highest BCUT2D eigenvalue weighted by molar-refractivity contribution is 8.00. The van der Waals surface area contributed by atoms with E-state index in [4.69, 9.17) is 0 Å². The average molecular weight is 402 g/mol. The quantitative estimate of drug-likeness (QED) is 0.243. The maximum Gasteiger partial charge on any atom is 0.269 e. The van der Waals surface area contributed by atoms with Gasteiger partial charge >= 0.3 is 0 Å². The number of non-ortho nitro benzene ring substituents is 1. The number of amides is 2. The lowest BCUT2D eigenvalue weighted by Gasteiger charge is -2.14. The van der Waals surface area contributed by atoms with E-state index < -0.39 is 33.4 Å². The SMILES string of the molecule is C=CCc1c(O)nc(SC2CC(=O)N(c3ccc([N+](=O)[O-])cc3)C2=O)[nH]c1=O. The van der Waals surface area contributed by atoms with Gasteiger partial charge in [-0.15, -0.1) is 6.58 Å². The van der Waals surface area contributed by atoms with Gasteiger partial charge in [0.2, 0.25) is 17.7 Å². The zero-order valence-electron chi connectivity index (χ0n) is 14.3. The van der Waals surface area contributed by atoms with Gasteiger partial charge in [0.15, 0.2) is 5.16 Å². The lowest BCUT2D eigenvalue weighted by atomic mass is 10.2. The van der Waals surface area contributed by atoms with Crippen LogP contribution in [-0.4, -0.2) is 37.1 Å². The van der Waals surface area contributed by atoms with Crippen molar-refractivity contribution < 1.29 is 19.6 Å². The fourth-order valence-electron chi connectivity index (χ4n) is 2.68. The molecule has 0 spiro atoms. The third kappa shape index (κ3) is 3.64. The molecule has 0 radical (unpaired) electrons. The third-order valence-corrected chi connectivity index (χ3v) is 5.07. The number of imide groups is 1. The van der Waals surface area contributed by atoms with E-state index in [9.17, 15) is 29.6 Å². The van der Waals surface area contributed by atoms with Gasteiger partial charge < -0.3 is 10.1 Å². The maximum atomic E-state index is 12.6. The summed E-state index contributed by atoms with van der Waals surface area (Å²) in [6.45, 7) is 3.49. The summed E-state index contributed by atoms with van der Waals surface area (Å²) in [6, 6.07) is 5.03. The Kier molecular flexibility index (Phi) is 5.27. The molecule has 1 aromatic heterocycles. The number of rotatable bonds is 6. The number of nitro benzene ring substituents is 1. The smallest absolute Gasteiger partial charge is 0.269 e. The molecule has 1 aliphatic rings. The van der Waals surface area contributed by atoms with Gasteiger partial charge in [0, 0.05) is 25.0 Å². The second-order valence-electron chi connectivity index (χ2n) is 5.82. The largest absolute Gasteiger partial charge is 0.493 e. The number of carbonyl (C=O) groups is 2. The second kappa shape index (κ2) is 7.64. The molecule has 1 atom stereocenters. The summed E-state index contributed by atoms with van der Waals surface area (Å²) in [5.41, 5.74) is -0.445. The van der Waals surface area contributed by atoms with E-state index in [0.717, 1.165) is 16.7 Å². The van der Waals surface area contributed by atoms with Crippen LogP contribution in [0.2, 0.25) is 0 Å². The molecule has 11 heteroatoms. The number of hydrogen-bond acceptors (Lipinski definition) is 8. The molecule has 1 unspecified atom stereocenters. The molecule has 1 aromatic carbocycles. The van der Waals surface area contributed by atoms with E-state index in [2.05, 4.69) is 16.5 Å². The molecule has 144 valence electrons. The molecule has 28 heavy (non-hydrogen) atoms. The first-order valence-electron chi connectivity index (χ1n) is 8.02. The third-order valence-electron chi connectivity index (χ3n) is 4.00. The molecule has 1 fully saturated rings. The lowest BCUT2D eigenvalue weighted by Crippen LogP contribution is -2.31. The molecule has 0 saturated carbocycles.